The van der Waals surface area contributed by atoms with Gasteiger partial charge in [0.15, 0.2) is 5.16 Å². The first-order chi connectivity index (χ1) is 17.6. The van der Waals surface area contributed by atoms with E-state index in [1.807, 2.05) is 51.3 Å². The van der Waals surface area contributed by atoms with Crippen molar-refractivity contribution in [2.24, 2.45) is 0 Å². The van der Waals surface area contributed by atoms with Crippen LogP contribution >= 0.6 is 23.1 Å². The molecule has 2 aromatic heterocycles. The normalized spacial score (nSPS) is 11.3. The monoisotopic (exact) mass is 536 g/mol. The Morgan fingerprint density at radius 2 is 1.81 bits per heavy atom. The number of anilines is 3. The number of benzene rings is 2. The fraction of sp³-hybridized carbons (Fsp3) is 0.231. The van der Waals surface area contributed by atoms with Gasteiger partial charge in [-0.1, -0.05) is 36.0 Å². The van der Waals surface area contributed by atoms with Crippen molar-refractivity contribution in [3.8, 4) is 17.0 Å². The van der Waals surface area contributed by atoms with E-state index in [1.165, 1.54) is 23.1 Å². The van der Waals surface area contributed by atoms with Crippen LogP contribution in [0.25, 0.3) is 21.5 Å². The molecule has 3 amide bonds. The second-order valence-corrected chi connectivity index (χ2v) is 10.9. The zero-order chi connectivity index (χ0) is 26.7. The molecular formula is C26H28N6O3S2. The smallest absolute Gasteiger partial charge is 0.323 e. The lowest BCUT2D eigenvalue weighted by molar-refractivity contribution is 0.0924. The van der Waals surface area contributed by atoms with Crippen molar-refractivity contribution in [3.63, 3.8) is 0 Å². The summed E-state index contributed by atoms with van der Waals surface area (Å²) in [7, 11) is 1.54. The highest BCUT2D eigenvalue weighted by molar-refractivity contribution is 7.98. The van der Waals surface area contributed by atoms with Crippen molar-refractivity contribution >= 4 is 62.3 Å². The summed E-state index contributed by atoms with van der Waals surface area (Å²) in [6, 6.07) is 14.0. The van der Waals surface area contributed by atoms with Crippen molar-refractivity contribution in [1.29, 1.82) is 0 Å². The molecule has 0 saturated heterocycles. The zero-order valence-corrected chi connectivity index (χ0v) is 22.8. The molecule has 2 aromatic carbocycles. The molecule has 9 nitrogen and oxygen atoms in total. The number of nitrogens with zero attached hydrogens (tertiary/aromatic N) is 2. The molecular weight excluding hydrogens is 508 g/mol. The van der Waals surface area contributed by atoms with Crippen LogP contribution in [0.5, 0.6) is 5.75 Å². The first kappa shape index (κ1) is 26.2. The van der Waals surface area contributed by atoms with Crippen molar-refractivity contribution < 1.29 is 14.3 Å². The number of aromatic nitrogens is 2. The van der Waals surface area contributed by atoms with Gasteiger partial charge in [-0.15, -0.1) is 11.3 Å². The highest BCUT2D eigenvalue weighted by atomic mass is 32.2. The number of thioether (sulfide) groups is 1. The summed E-state index contributed by atoms with van der Waals surface area (Å²) in [6.45, 7) is 5.73. The van der Waals surface area contributed by atoms with Gasteiger partial charge in [-0.3, -0.25) is 4.79 Å². The molecule has 0 atom stereocenters. The van der Waals surface area contributed by atoms with Gasteiger partial charge < -0.3 is 26.4 Å². The van der Waals surface area contributed by atoms with E-state index in [9.17, 15) is 9.59 Å². The maximum absolute atomic E-state index is 12.9. The van der Waals surface area contributed by atoms with E-state index >= 15 is 0 Å². The topological polar surface area (TPSA) is 131 Å². The molecule has 0 bridgehead atoms. The van der Waals surface area contributed by atoms with E-state index in [1.54, 1.807) is 31.4 Å². The van der Waals surface area contributed by atoms with E-state index in [-0.39, 0.29) is 5.91 Å². The van der Waals surface area contributed by atoms with Crippen LogP contribution in [0, 0.1) is 0 Å². The average Bonchev–Trinajstić information content (AvgIpc) is 3.19. The van der Waals surface area contributed by atoms with Gasteiger partial charge in [-0.05, 0) is 51.3 Å². The number of carbonyl (C=O) groups is 2. The molecule has 192 valence electrons. The number of nitrogens with two attached hydrogens (primary N) is 1. The number of para-hydroxylation sites is 2. The van der Waals surface area contributed by atoms with Gasteiger partial charge in [-0.25, -0.2) is 14.8 Å². The number of nitrogens with one attached hydrogen (secondary N) is 3. The average molecular weight is 537 g/mol. The predicted molar refractivity (Wildman–Crippen MR) is 152 cm³/mol. The molecule has 4 aromatic rings. The molecule has 2 heterocycles. The maximum atomic E-state index is 12.9. The van der Waals surface area contributed by atoms with Gasteiger partial charge in [0.1, 0.15) is 15.5 Å². The highest BCUT2D eigenvalue weighted by Gasteiger charge is 2.24. The summed E-state index contributed by atoms with van der Waals surface area (Å²) in [6.07, 6.45) is 1.88. The molecule has 0 spiro atoms. The van der Waals surface area contributed by atoms with Crippen LogP contribution in [-0.2, 0) is 0 Å². The Morgan fingerprint density at radius 1 is 1.05 bits per heavy atom. The Labute approximate surface area is 223 Å². The summed E-state index contributed by atoms with van der Waals surface area (Å²) in [5.74, 6) is 0.298. The quantitative estimate of drug-likeness (QED) is 0.180. The number of nitrogen functional groups attached to an aromatic ring is 1. The van der Waals surface area contributed by atoms with E-state index in [0.29, 0.717) is 48.8 Å². The minimum Gasteiger partial charge on any atom is -0.495 e. The molecule has 0 saturated carbocycles. The number of ether oxygens (including phenoxy) is 1. The minimum absolute atomic E-state index is 0.256. The second kappa shape index (κ2) is 10.7. The number of urea groups is 1. The number of fused-ring (bicyclic) bond motifs is 1. The third kappa shape index (κ3) is 5.95. The molecule has 37 heavy (non-hydrogen) atoms. The summed E-state index contributed by atoms with van der Waals surface area (Å²) in [5, 5.41) is 9.76. The van der Waals surface area contributed by atoms with Crippen molar-refractivity contribution in [3.05, 3.63) is 53.4 Å². The fourth-order valence-corrected chi connectivity index (χ4v) is 5.06. The van der Waals surface area contributed by atoms with E-state index in [0.717, 1.165) is 5.56 Å². The Kier molecular flexibility index (Phi) is 7.55. The van der Waals surface area contributed by atoms with Crippen LogP contribution in [0.2, 0.25) is 0 Å². The summed E-state index contributed by atoms with van der Waals surface area (Å²) in [5.41, 5.74) is 8.83. The van der Waals surface area contributed by atoms with Gasteiger partial charge in [0.05, 0.1) is 29.6 Å². The standard InChI is InChI=1S/C26H28N6O3S2/c1-26(2,3)32-22(33)21-19(27)18-20(30-25(36-5)31-23(18)37-21)14-9-8-10-15(13-14)28-24(34)29-16-11-6-7-12-17(16)35-4/h6-13H,27H2,1-5H3,(H,32,33)(H2,28,29,34). The van der Waals surface area contributed by atoms with Gasteiger partial charge >= 0.3 is 6.03 Å². The zero-order valence-electron chi connectivity index (χ0n) is 21.1. The molecule has 11 heteroatoms. The Morgan fingerprint density at radius 3 is 2.51 bits per heavy atom. The lowest BCUT2D eigenvalue weighted by atomic mass is 10.1. The summed E-state index contributed by atoms with van der Waals surface area (Å²) < 4.78 is 5.29. The first-order valence-electron chi connectivity index (χ1n) is 11.4. The van der Waals surface area contributed by atoms with Gasteiger partial charge in [0.2, 0.25) is 0 Å². The molecule has 0 aliphatic rings. The molecule has 4 rings (SSSR count). The lowest BCUT2D eigenvalue weighted by Gasteiger charge is -2.20. The molecule has 0 aliphatic heterocycles. The minimum atomic E-state index is -0.421. The van der Waals surface area contributed by atoms with Crippen molar-refractivity contribution in [1.82, 2.24) is 15.3 Å². The largest absolute Gasteiger partial charge is 0.495 e. The van der Waals surface area contributed by atoms with Gasteiger partial charge in [0.25, 0.3) is 5.91 Å². The summed E-state index contributed by atoms with van der Waals surface area (Å²) in [4.78, 5) is 35.9. The van der Waals surface area contributed by atoms with E-state index in [2.05, 4.69) is 20.9 Å². The molecule has 5 N–H and O–H groups in total. The van der Waals surface area contributed by atoms with Crippen molar-refractivity contribution in [2.75, 3.05) is 29.7 Å². The van der Waals surface area contributed by atoms with Crippen LogP contribution < -0.4 is 26.4 Å². The number of rotatable bonds is 6. The third-order valence-electron chi connectivity index (χ3n) is 5.19. The SMILES string of the molecule is COc1ccccc1NC(=O)Nc1cccc(-c2nc(SC)nc3sc(C(=O)NC(C)(C)C)c(N)c23)c1. The number of thiophene rings is 1. The van der Waals surface area contributed by atoms with Gasteiger partial charge in [-0.2, -0.15) is 0 Å². The Hall–Kier alpha value is -3.83. The number of methoxy groups -OCH3 is 1. The van der Waals surface area contributed by atoms with Crippen LogP contribution in [0.1, 0.15) is 30.4 Å². The van der Waals surface area contributed by atoms with E-state index in [4.69, 9.17) is 15.5 Å². The van der Waals surface area contributed by atoms with E-state index < -0.39 is 11.6 Å². The molecule has 0 aliphatic carbocycles. The highest BCUT2D eigenvalue weighted by Crippen LogP contribution is 2.40. The van der Waals surface area contributed by atoms with Crippen LogP contribution in [0.4, 0.5) is 21.9 Å². The number of hydrogen-bond donors (Lipinski definition) is 4. The fourth-order valence-electron chi connectivity index (χ4n) is 3.65. The molecule has 0 fully saturated rings. The lowest BCUT2D eigenvalue weighted by Crippen LogP contribution is -2.40. The number of carbonyl (C=O) groups excluding carboxylic acids is 2. The van der Waals surface area contributed by atoms with Crippen LogP contribution in [-0.4, -0.2) is 40.8 Å². The van der Waals surface area contributed by atoms with Gasteiger partial charge in [0, 0.05) is 16.8 Å². The molecule has 0 unspecified atom stereocenters. The van der Waals surface area contributed by atoms with Crippen molar-refractivity contribution in [2.45, 2.75) is 31.5 Å². The first-order valence-corrected chi connectivity index (χ1v) is 13.4. The number of amides is 3. The number of hydrogen-bond acceptors (Lipinski definition) is 8. The molecule has 0 radical (unpaired) electrons. The van der Waals surface area contributed by atoms with Crippen LogP contribution in [0.15, 0.2) is 53.7 Å². The maximum Gasteiger partial charge on any atom is 0.323 e. The second-order valence-electron chi connectivity index (χ2n) is 9.15. The third-order valence-corrected chi connectivity index (χ3v) is 6.84. The predicted octanol–water partition coefficient (Wildman–Crippen LogP) is 5.84. The summed E-state index contributed by atoms with van der Waals surface area (Å²) >= 11 is 2.63. The Balaban J connectivity index is 1.69. The van der Waals surface area contributed by atoms with Crippen LogP contribution in [0.3, 0.4) is 0 Å². The Bertz CT molecular complexity index is 1480.